The quantitative estimate of drug-likeness (QED) is 0.896. The van der Waals surface area contributed by atoms with Crippen LogP contribution in [-0.4, -0.2) is 22.8 Å². The highest BCUT2D eigenvalue weighted by Crippen LogP contribution is 2.14. The molecular weight excluding hydrogens is 270 g/mol. The van der Waals surface area contributed by atoms with E-state index < -0.39 is 6.04 Å². The molecule has 6 nitrogen and oxygen atoms in total. The molecule has 21 heavy (non-hydrogen) atoms. The number of carbonyl (C=O) groups is 2. The minimum absolute atomic E-state index is 0.0606. The molecule has 110 valence electrons. The van der Waals surface area contributed by atoms with Gasteiger partial charge in [0.1, 0.15) is 11.6 Å². The molecular formula is C15H17N3O3. The topological polar surface area (TPSA) is 84.2 Å². The second-order valence-electron chi connectivity index (χ2n) is 5.16. The summed E-state index contributed by atoms with van der Waals surface area (Å²) < 4.78 is 5.54. The Morgan fingerprint density at radius 2 is 2.24 bits per heavy atom. The van der Waals surface area contributed by atoms with Gasteiger partial charge in [-0.05, 0) is 25.0 Å². The van der Waals surface area contributed by atoms with Crippen LogP contribution < -0.4 is 10.6 Å². The second kappa shape index (κ2) is 5.95. The number of nitrogens with zero attached hydrogens (tertiary/aromatic N) is 1. The van der Waals surface area contributed by atoms with Gasteiger partial charge < -0.3 is 15.1 Å². The van der Waals surface area contributed by atoms with Crippen molar-refractivity contribution in [3.63, 3.8) is 0 Å². The number of oxazole rings is 1. The molecule has 2 N–H and O–H groups in total. The summed E-state index contributed by atoms with van der Waals surface area (Å²) in [7, 11) is 0. The molecule has 0 bridgehead atoms. The fourth-order valence-corrected chi connectivity index (χ4v) is 2.45. The Morgan fingerprint density at radius 1 is 1.38 bits per heavy atom. The van der Waals surface area contributed by atoms with Gasteiger partial charge in [-0.25, -0.2) is 4.98 Å². The van der Waals surface area contributed by atoms with Crippen molar-refractivity contribution >= 4 is 22.9 Å². The Balaban J connectivity index is 1.61. The van der Waals surface area contributed by atoms with Gasteiger partial charge in [0, 0.05) is 6.42 Å². The maximum absolute atomic E-state index is 12.1. The summed E-state index contributed by atoms with van der Waals surface area (Å²) in [5.74, 6) is 0.214. The van der Waals surface area contributed by atoms with Crippen molar-refractivity contribution < 1.29 is 14.0 Å². The third-order valence-corrected chi connectivity index (χ3v) is 3.55. The van der Waals surface area contributed by atoms with Crippen molar-refractivity contribution in [1.29, 1.82) is 0 Å². The molecule has 0 saturated carbocycles. The average Bonchev–Trinajstić information content (AvgIpc) is 2.78. The first kappa shape index (κ1) is 13.6. The minimum Gasteiger partial charge on any atom is -0.439 e. The van der Waals surface area contributed by atoms with Gasteiger partial charge in [0.2, 0.25) is 17.7 Å². The fourth-order valence-electron chi connectivity index (χ4n) is 2.45. The zero-order valence-electron chi connectivity index (χ0n) is 11.6. The van der Waals surface area contributed by atoms with Gasteiger partial charge in [-0.2, -0.15) is 0 Å². The molecule has 1 fully saturated rings. The van der Waals surface area contributed by atoms with Crippen LogP contribution in [0.4, 0.5) is 0 Å². The maximum Gasteiger partial charge on any atom is 0.243 e. The number of fused-ring (bicyclic) bond motifs is 1. The highest BCUT2D eigenvalue weighted by atomic mass is 16.3. The van der Waals surface area contributed by atoms with Crippen molar-refractivity contribution in [3.05, 3.63) is 30.2 Å². The molecule has 0 radical (unpaired) electrons. The van der Waals surface area contributed by atoms with Crippen molar-refractivity contribution in [1.82, 2.24) is 15.6 Å². The lowest BCUT2D eigenvalue weighted by Gasteiger charge is -2.14. The van der Waals surface area contributed by atoms with E-state index in [9.17, 15) is 9.59 Å². The SMILES string of the molecule is O=C1CCCCC(C(=O)NCc2nc3ccccc3o2)N1. The molecule has 0 spiro atoms. The predicted molar refractivity (Wildman–Crippen MR) is 76.3 cm³/mol. The summed E-state index contributed by atoms with van der Waals surface area (Å²) in [5.41, 5.74) is 1.47. The number of carbonyl (C=O) groups excluding carboxylic acids is 2. The minimum atomic E-state index is -0.454. The molecule has 1 unspecified atom stereocenters. The summed E-state index contributed by atoms with van der Waals surface area (Å²) in [6.45, 7) is 0.222. The van der Waals surface area contributed by atoms with Crippen LogP contribution in [0.1, 0.15) is 31.6 Å². The third-order valence-electron chi connectivity index (χ3n) is 3.55. The standard InChI is InChI=1S/C15H17N3O3/c19-13-8-4-2-6-11(17-13)15(20)16-9-14-18-10-5-1-3-7-12(10)21-14/h1,3,5,7,11H,2,4,6,8-9H2,(H,16,20)(H,17,19). The zero-order chi connectivity index (χ0) is 14.7. The molecule has 3 rings (SSSR count). The average molecular weight is 287 g/mol. The Labute approximate surface area is 121 Å². The Hall–Kier alpha value is -2.37. The lowest BCUT2D eigenvalue weighted by Crippen LogP contribution is -2.45. The van der Waals surface area contributed by atoms with Gasteiger partial charge in [-0.1, -0.05) is 18.6 Å². The highest BCUT2D eigenvalue weighted by Gasteiger charge is 2.23. The maximum atomic E-state index is 12.1. The molecule has 0 aliphatic carbocycles. The predicted octanol–water partition coefficient (Wildman–Crippen LogP) is 1.50. The number of amides is 2. The summed E-state index contributed by atoms with van der Waals surface area (Å²) in [5, 5.41) is 5.51. The summed E-state index contributed by atoms with van der Waals surface area (Å²) >= 11 is 0. The summed E-state index contributed by atoms with van der Waals surface area (Å²) in [4.78, 5) is 27.9. The van der Waals surface area contributed by atoms with Gasteiger partial charge in [0.15, 0.2) is 5.58 Å². The van der Waals surface area contributed by atoms with Crippen LogP contribution >= 0.6 is 0 Å². The van der Waals surface area contributed by atoms with E-state index in [0.717, 1.165) is 18.4 Å². The van der Waals surface area contributed by atoms with Gasteiger partial charge in [0.05, 0.1) is 6.54 Å². The monoisotopic (exact) mass is 287 g/mol. The molecule has 2 heterocycles. The molecule has 1 aromatic heterocycles. The van der Waals surface area contributed by atoms with E-state index in [-0.39, 0.29) is 18.4 Å². The number of hydrogen-bond acceptors (Lipinski definition) is 4. The number of nitrogens with one attached hydrogen (secondary N) is 2. The first-order valence-corrected chi connectivity index (χ1v) is 7.14. The van der Waals surface area contributed by atoms with E-state index in [4.69, 9.17) is 4.42 Å². The second-order valence-corrected chi connectivity index (χ2v) is 5.16. The van der Waals surface area contributed by atoms with Crippen LogP contribution in [0.5, 0.6) is 0 Å². The number of para-hydroxylation sites is 2. The van der Waals surface area contributed by atoms with Crippen LogP contribution in [0, 0.1) is 0 Å². The van der Waals surface area contributed by atoms with Crippen molar-refractivity contribution in [2.75, 3.05) is 0 Å². The Kier molecular flexibility index (Phi) is 3.85. The number of hydrogen-bond donors (Lipinski definition) is 2. The highest BCUT2D eigenvalue weighted by molar-refractivity contribution is 5.87. The largest absolute Gasteiger partial charge is 0.439 e. The van der Waals surface area contributed by atoms with Crippen LogP contribution in [0.2, 0.25) is 0 Å². The van der Waals surface area contributed by atoms with Crippen LogP contribution in [0.15, 0.2) is 28.7 Å². The first-order valence-electron chi connectivity index (χ1n) is 7.14. The van der Waals surface area contributed by atoms with Crippen LogP contribution in [0.25, 0.3) is 11.1 Å². The number of rotatable bonds is 3. The zero-order valence-corrected chi connectivity index (χ0v) is 11.6. The number of aromatic nitrogens is 1. The smallest absolute Gasteiger partial charge is 0.243 e. The van der Waals surface area contributed by atoms with E-state index in [1.807, 2.05) is 24.3 Å². The van der Waals surface area contributed by atoms with Crippen molar-refractivity contribution in [2.24, 2.45) is 0 Å². The number of benzene rings is 1. The van der Waals surface area contributed by atoms with E-state index in [1.54, 1.807) is 0 Å². The van der Waals surface area contributed by atoms with Crippen molar-refractivity contribution in [2.45, 2.75) is 38.3 Å². The lowest BCUT2D eigenvalue weighted by molar-refractivity contribution is -0.128. The molecule has 1 aliphatic rings. The van der Waals surface area contributed by atoms with E-state index in [0.29, 0.717) is 24.3 Å². The van der Waals surface area contributed by atoms with Crippen molar-refractivity contribution in [3.8, 4) is 0 Å². The summed E-state index contributed by atoms with van der Waals surface area (Å²) in [6, 6.07) is 6.99. The van der Waals surface area contributed by atoms with E-state index >= 15 is 0 Å². The Morgan fingerprint density at radius 3 is 3.10 bits per heavy atom. The van der Waals surface area contributed by atoms with Gasteiger partial charge in [0.25, 0.3) is 0 Å². The normalized spacial score (nSPS) is 19.0. The van der Waals surface area contributed by atoms with Gasteiger partial charge in [-0.3, -0.25) is 9.59 Å². The molecule has 6 heteroatoms. The molecule has 1 atom stereocenters. The van der Waals surface area contributed by atoms with Gasteiger partial charge in [-0.15, -0.1) is 0 Å². The van der Waals surface area contributed by atoms with Crippen LogP contribution in [-0.2, 0) is 16.1 Å². The lowest BCUT2D eigenvalue weighted by atomic mass is 10.1. The molecule has 2 amide bonds. The fraction of sp³-hybridized carbons (Fsp3) is 0.400. The third kappa shape index (κ3) is 3.21. The van der Waals surface area contributed by atoms with Crippen LogP contribution in [0.3, 0.4) is 0 Å². The van der Waals surface area contributed by atoms with E-state index in [1.165, 1.54) is 0 Å². The molecule has 1 saturated heterocycles. The summed E-state index contributed by atoms with van der Waals surface area (Å²) in [6.07, 6.45) is 2.88. The first-order chi connectivity index (χ1) is 10.2. The van der Waals surface area contributed by atoms with Gasteiger partial charge >= 0.3 is 0 Å². The molecule has 1 aliphatic heterocycles. The molecule has 1 aromatic carbocycles. The van der Waals surface area contributed by atoms with E-state index in [2.05, 4.69) is 15.6 Å². The Bertz CT molecular complexity index is 632. The molecule has 2 aromatic rings.